The average Bonchev–Trinajstić information content (AvgIpc) is 3.09. The Morgan fingerprint density at radius 1 is 1.33 bits per heavy atom. The maximum atomic E-state index is 13.4. The first-order valence-electron chi connectivity index (χ1n) is 10.0. The van der Waals surface area contributed by atoms with Crippen LogP contribution in [0, 0.1) is 5.92 Å². The zero-order chi connectivity index (χ0) is 21.0. The van der Waals surface area contributed by atoms with Crippen LogP contribution in [0.15, 0.2) is 48.7 Å². The van der Waals surface area contributed by atoms with Gasteiger partial charge in [0, 0.05) is 36.0 Å². The number of nitrogens with zero attached hydrogens (tertiary/aromatic N) is 1. The van der Waals surface area contributed by atoms with Crippen LogP contribution < -0.4 is 10.5 Å². The van der Waals surface area contributed by atoms with Gasteiger partial charge in [0.1, 0.15) is 17.4 Å². The van der Waals surface area contributed by atoms with Gasteiger partial charge in [-0.3, -0.25) is 9.59 Å². The van der Waals surface area contributed by atoms with Crippen molar-refractivity contribution in [3.05, 3.63) is 59.8 Å². The van der Waals surface area contributed by atoms with Crippen molar-refractivity contribution in [2.45, 2.75) is 31.4 Å². The van der Waals surface area contributed by atoms with Gasteiger partial charge in [0.05, 0.1) is 0 Å². The number of benzene rings is 2. The van der Waals surface area contributed by atoms with E-state index in [2.05, 4.69) is 4.98 Å². The number of aromatic amines is 1. The molecule has 0 spiro atoms. The van der Waals surface area contributed by atoms with Crippen molar-refractivity contribution in [2.24, 2.45) is 11.7 Å². The number of phenolic OH excluding ortho intramolecular Hbond substituents is 1. The normalized spacial score (nSPS) is 25.1. The van der Waals surface area contributed by atoms with Crippen LogP contribution >= 0.6 is 0 Å². The third kappa shape index (κ3) is 2.73. The quantitative estimate of drug-likeness (QED) is 0.580. The molecule has 3 aromatic rings. The van der Waals surface area contributed by atoms with Gasteiger partial charge in [-0.25, -0.2) is 0 Å². The minimum absolute atomic E-state index is 0.188. The second kappa shape index (κ2) is 6.52. The first kappa shape index (κ1) is 18.5. The molecular weight excluding hydrogens is 382 g/mol. The van der Waals surface area contributed by atoms with Crippen LogP contribution in [0.4, 0.5) is 0 Å². The Kier molecular flexibility index (Phi) is 4.03. The number of aromatic nitrogens is 1. The minimum atomic E-state index is -0.907. The molecule has 3 heterocycles. The molecule has 0 radical (unpaired) electrons. The molecule has 7 nitrogen and oxygen atoms in total. The molecule has 1 aromatic heterocycles. The molecule has 2 aliphatic heterocycles. The Morgan fingerprint density at radius 2 is 2.13 bits per heavy atom. The van der Waals surface area contributed by atoms with E-state index in [4.69, 9.17) is 10.5 Å². The number of para-hydroxylation sites is 1. The summed E-state index contributed by atoms with van der Waals surface area (Å²) >= 11 is 0. The lowest BCUT2D eigenvalue weighted by molar-refractivity contribution is -0.175. The molecule has 2 aliphatic rings. The SMILES string of the molecule is C[C@@]12C[C@@H](c3ccccc3O1)[C@H](C(N)=O)C(=O)N2CCc1c[nH]c2ccc(O)cc12. The van der Waals surface area contributed by atoms with E-state index in [-0.39, 0.29) is 17.6 Å². The molecule has 1 saturated heterocycles. The van der Waals surface area contributed by atoms with E-state index < -0.39 is 17.6 Å². The number of primary amides is 1. The number of carbonyl (C=O) groups is 2. The Hall–Kier alpha value is -3.48. The van der Waals surface area contributed by atoms with E-state index in [1.807, 2.05) is 43.5 Å². The molecule has 0 unspecified atom stereocenters. The van der Waals surface area contributed by atoms with Gasteiger partial charge in [0.25, 0.3) is 0 Å². The highest BCUT2D eigenvalue weighted by atomic mass is 16.5. The van der Waals surface area contributed by atoms with Gasteiger partial charge in [-0.15, -0.1) is 0 Å². The lowest BCUT2D eigenvalue weighted by Crippen LogP contribution is -2.64. The lowest BCUT2D eigenvalue weighted by atomic mass is 9.73. The number of phenols is 1. The minimum Gasteiger partial charge on any atom is -0.508 e. The second-order valence-electron chi connectivity index (χ2n) is 8.29. The van der Waals surface area contributed by atoms with E-state index in [9.17, 15) is 14.7 Å². The molecule has 2 aromatic carbocycles. The number of aromatic hydroxyl groups is 1. The van der Waals surface area contributed by atoms with Crippen LogP contribution in [-0.4, -0.2) is 39.1 Å². The Morgan fingerprint density at radius 3 is 2.93 bits per heavy atom. The van der Waals surface area contributed by atoms with Gasteiger partial charge in [0.2, 0.25) is 11.8 Å². The zero-order valence-corrected chi connectivity index (χ0v) is 16.6. The number of nitrogens with two attached hydrogens (primary N) is 1. The highest BCUT2D eigenvalue weighted by Gasteiger charge is 2.55. The molecule has 1 fully saturated rings. The van der Waals surface area contributed by atoms with Crippen molar-refractivity contribution >= 4 is 22.7 Å². The molecule has 0 saturated carbocycles. The first-order chi connectivity index (χ1) is 14.4. The Labute approximate surface area is 173 Å². The molecule has 2 bridgehead atoms. The van der Waals surface area contributed by atoms with Crippen molar-refractivity contribution in [3.8, 4) is 11.5 Å². The van der Waals surface area contributed by atoms with E-state index >= 15 is 0 Å². The van der Waals surface area contributed by atoms with Crippen molar-refractivity contribution in [1.29, 1.82) is 0 Å². The number of hydrogen-bond acceptors (Lipinski definition) is 4. The molecule has 4 N–H and O–H groups in total. The van der Waals surface area contributed by atoms with Crippen molar-refractivity contribution in [2.75, 3.05) is 6.54 Å². The van der Waals surface area contributed by atoms with Gasteiger partial charge < -0.3 is 25.5 Å². The molecule has 2 amide bonds. The smallest absolute Gasteiger partial charge is 0.238 e. The van der Waals surface area contributed by atoms with E-state index in [1.165, 1.54) is 0 Å². The summed E-state index contributed by atoms with van der Waals surface area (Å²) in [6, 6.07) is 12.7. The summed E-state index contributed by atoms with van der Waals surface area (Å²) in [6.07, 6.45) is 2.94. The summed E-state index contributed by atoms with van der Waals surface area (Å²) in [5.74, 6) is -1.21. The number of hydrogen-bond donors (Lipinski definition) is 3. The number of nitrogens with one attached hydrogen (secondary N) is 1. The summed E-state index contributed by atoms with van der Waals surface area (Å²) < 4.78 is 6.28. The number of rotatable bonds is 4. The molecule has 3 atom stereocenters. The van der Waals surface area contributed by atoms with Gasteiger partial charge in [-0.2, -0.15) is 0 Å². The third-order valence-electron chi connectivity index (χ3n) is 6.41. The van der Waals surface area contributed by atoms with E-state index in [0.29, 0.717) is 25.1 Å². The average molecular weight is 405 g/mol. The van der Waals surface area contributed by atoms with Crippen LogP contribution in [0.2, 0.25) is 0 Å². The lowest BCUT2D eigenvalue weighted by Gasteiger charge is -2.52. The summed E-state index contributed by atoms with van der Waals surface area (Å²) in [6.45, 7) is 2.27. The number of carbonyl (C=O) groups excluding carboxylic acids is 2. The molecule has 7 heteroatoms. The predicted molar refractivity (Wildman–Crippen MR) is 111 cm³/mol. The summed E-state index contributed by atoms with van der Waals surface area (Å²) in [5.41, 5.74) is 7.58. The van der Waals surface area contributed by atoms with Crippen LogP contribution in [-0.2, 0) is 16.0 Å². The molecule has 30 heavy (non-hydrogen) atoms. The molecule has 154 valence electrons. The highest BCUT2D eigenvalue weighted by Crippen LogP contribution is 2.50. The van der Waals surface area contributed by atoms with Crippen LogP contribution in [0.1, 0.15) is 30.4 Å². The standard InChI is InChI=1S/C23H23N3O4/c1-23-11-17(15-4-2-3-5-19(15)30-23)20(21(24)28)22(29)26(23)9-8-13-12-25-18-7-6-14(27)10-16(13)18/h2-7,10,12,17,20,25,27H,8-9,11H2,1H3,(H2,24,28)/t17-,20+,23-/m0/s1. The number of ether oxygens (including phenoxy) is 1. The number of fused-ring (bicyclic) bond motifs is 5. The maximum Gasteiger partial charge on any atom is 0.238 e. The number of H-pyrrole nitrogens is 1. The van der Waals surface area contributed by atoms with Crippen LogP contribution in [0.5, 0.6) is 11.5 Å². The van der Waals surface area contributed by atoms with Gasteiger partial charge in [0.15, 0.2) is 5.72 Å². The highest BCUT2D eigenvalue weighted by molar-refractivity contribution is 6.02. The third-order valence-corrected chi connectivity index (χ3v) is 6.41. The summed E-state index contributed by atoms with van der Waals surface area (Å²) in [4.78, 5) is 30.5. The van der Waals surface area contributed by atoms with Crippen molar-refractivity contribution in [1.82, 2.24) is 9.88 Å². The van der Waals surface area contributed by atoms with Crippen molar-refractivity contribution < 1.29 is 19.4 Å². The Balaban J connectivity index is 1.49. The van der Waals surface area contributed by atoms with Gasteiger partial charge >= 0.3 is 0 Å². The van der Waals surface area contributed by atoms with Gasteiger partial charge in [-0.05, 0) is 48.7 Å². The van der Waals surface area contributed by atoms with Crippen molar-refractivity contribution in [3.63, 3.8) is 0 Å². The monoisotopic (exact) mass is 405 g/mol. The van der Waals surface area contributed by atoms with E-state index in [1.54, 1.807) is 17.0 Å². The largest absolute Gasteiger partial charge is 0.508 e. The topological polar surface area (TPSA) is 109 Å². The molecular formula is C23H23N3O4. The summed E-state index contributed by atoms with van der Waals surface area (Å²) in [7, 11) is 0. The van der Waals surface area contributed by atoms with Crippen LogP contribution in [0.25, 0.3) is 10.9 Å². The molecule has 5 rings (SSSR count). The second-order valence-corrected chi connectivity index (χ2v) is 8.29. The number of likely N-dealkylation sites (tertiary alicyclic amines) is 1. The van der Waals surface area contributed by atoms with E-state index in [0.717, 1.165) is 22.0 Å². The first-order valence-corrected chi connectivity index (χ1v) is 10.0. The fourth-order valence-corrected chi connectivity index (χ4v) is 4.98. The number of amides is 2. The zero-order valence-electron chi connectivity index (χ0n) is 16.6. The predicted octanol–water partition coefficient (Wildman–Crippen LogP) is 2.64. The fourth-order valence-electron chi connectivity index (χ4n) is 4.98. The summed E-state index contributed by atoms with van der Waals surface area (Å²) in [5, 5.41) is 10.7. The molecule has 0 aliphatic carbocycles. The Bertz CT molecular complexity index is 1170. The fraction of sp³-hybridized carbons (Fsp3) is 0.304. The maximum absolute atomic E-state index is 13.4. The number of piperidine rings is 1. The van der Waals surface area contributed by atoms with Gasteiger partial charge in [-0.1, -0.05) is 18.2 Å². The van der Waals surface area contributed by atoms with Crippen LogP contribution in [0.3, 0.4) is 0 Å².